The normalized spacial score (nSPS) is 43.1. The van der Waals surface area contributed by atoms with Crippen LogP contribution in [0.4, 0.5) is 0 Å². The predicted octanol–water partition coefficient (Wildman–Crippen LogP) is 0.953. The minimum Gasteiger partial charge on any atom is -0.456 e. The monoisotopic (exact) mass is 224 g/mol. The quantitative estimate of drug-likeness (QED) is 0.532. The van der Waals surface area contributed by atoms with E-state index in [9.17, 15) is 9.90 Å². The average molecular weight is 224 g/mol. The van der Waals surface area contributed by atoms with E-state index in [1.807, 2.05) is 19.9 Å². The van der Waals surface area contributed by atoms with E-state index in [1.54, 1.807) is 19.1 Å². The van der Waals surface area contributed by atoms with Crippen LogP contribution < -0.4 is 0 Å². The summed E-state index contributed by atoms with van der Waals surface area (Å²) in [6, 6.07) is 0. The van der Waals surface area contributed by atoms with Crippen molar-refractivity contribution < 1.29 is 19.4 Å². The number of rotatable bonds is 1. The number of hydrogen-bond acceptors (Lipinski definition) is 4. The number of ether oxygens (including phenoxy) is 2. The van der Waals surface area contributed by atoms with Crippen LogP contribution in [0.1, 0.15) is 20.8 Å². The lowest BCUT2D eigenvalue weighted by Crippen LogP contribution is -2.47. The molecule has 2 heterocycles. The highest BCUT2D eigenvalue weighted by atomic mass is 16.6. The van der Waals surface area contributed by atoms with E-state index in [-0.39, 0.29) is 6.10 Å². The molecule has 16 heavy (non-hydrogen) atoms. The van der Waals surface area contributed by atoms with Gasteiger partial charge in [0.25, 0.3) is 0 Å². The molecule has 4 atom stereocenters. The van der Waals surface area contributed by atoms with Gasteiger partial charge in [-0.15, -0.1) is 0 Å². The number of hydrogen-bond donors (Lipinski definition) is 1. The van der Waals surface area contributed by atoms with Gasteiger partial charge >= 0.3 is 5.97 Å². The molecule has 88 valence electrons. The van der Waals surface area contributed by atoms with Crippen molar-refractivity contribution >= 4 is 5.97 Å². The number of aliphatic hydroxyl groups excluding tert-OH is 1. The molecule has 2 aliphatic heterocycles. The zero-order valence-electron chi connectivity index (χ0n) is 9.64. The molecule has 2 aliphatic rings. The third-order valence-corrected chi connectivity index (χ3v) is 3.25. The summed E-state index contributed by atoms with van der Waals surface area (Å²) >= 11 is 0. The molecule has 2 rings (SSSR count). The van der Waals surface area contributed by atoms with Gasteiger partial charge in [0.1, 0.15) is 23.9 Å². The van der Waals surface area contributed by atoms with Crippen LogP contribution in [0.15, 0.2) is 23.8 Å². The third kappa shape index (κ3) is 1.49. The van der Waals surface area contributed by atoms with E-state index in [0.29, 0.717) is 5.57 Å². The van der Waals surface area contributed by atoms with Gasteiger partial charge < -0.3 is 14.6 Å². The minimum atomic E-state index is -0.794. The molecule has 0 aliphatic carbocycles. The molecule has 0 unspecified atom stereocenters. The van der Waals surface area contributed by atoms with Crippen molar-refractivity contribution in [1.82, 2.24) is 0 Å². The molecular weight excluding hydrogens is 208 g/mol. The Bertz CT molecular complexity index is 371. The summed E-state index contributed by atoms with van der Waals surface area (Å²) in [7, 11) is 0. The lowest BCUT2D eigenvalue weighted by molar-refractivity contribution is -0.143. The second-order valence-electron chi connectivity index (χ2n) is 4.33. The number of esters is 1. The van der Waals surface area contributed by atoms with Crippen molar-refractivity contribution in [3.8, 4) is 0 Å². The number of carbonyl (C=O) groups is 1. The van der Waals surface area contributed by atoms with Gasteiger partial charge in [0.05, 0.1) is 5.57 Å². The molecule has 0 saturated carbocycles. The molecule has 1 N–H and O–H groups in total. The van der Waals surface area contributed by atoms with E-state index in [4.69, 9.17) is 9.47 Å². The van der Waals surface area contributed by atoms with Crippen LogP contribution in [-0.2, 0) is 14.3 Å². The Hall–Kier alpha value is -1.13. The van der Waals surface area contributed by atoms with Crippen LogP contribution >= 0.6 is 0 Å². The third-order valence-electron chi connectivity index (χ3n) is 3.25. The Balaban J connectivity index is 2.38. The Morgan fingerprint density at radius 2 is 2.25 bits per heavy atom. The lowest BCUT2D eigenvalue weighted by atomic mass is 9.88. The van der Waals surface area contributed by atoms with Gasteiger partial charge in [0.2, 0.25) is 0 Å². The topological polar surface area (TPSA) is 55.8 Å². The highest BCUT2D eigenvalue weighted by Crippen LogP contribution is 2.40. The fraction of sp³-hybridized carbons (Fsp3) is 0.583. The average Bonchev–Trinajstić information content (AvgIpc) is 2.42. The van der Waals surface area contributed by atoms with Crippen LogP contribution in [-0.4, -0.2) is 35.0 Å². The van der Waals surface area contributed by atoms with Gasteiger partial charge in [-0.1, -0.05) is 12.2 Å². The Kier molecular flexibility index (Phi) is 2.64. The van der Waals surface area contributed by atoms with Crippen molar-refractivity contribution in [2.75, 3.05) is 0 Å². The van der Waals surface area contributed by atoms with E-state index < -0.39 is 23.8 Å². The fourth-order valence-corrected chi connectivity index (χ4v) is 2.11. The Morgan fingerprint density at radius 1 is 1.56 bits per heavy atom. The van der Waals surface area contributed by atoms with Crippen LogP contribution in [0, 0.1) is 0 Å². The summed E-state index contributed by atoms with van der Waals surface area (Å²) in [5.41, 5.74) is -0.325. The van der Waals surface area contributed by atoms with Gasteiger partial charge in [-0.3, -0.25) is 0 Å². The number of aliphatic hydroxyl groups is 1. The summed E-state index contributed by atoms with van der Waals surface area (Å²) < 4.78 is 10.9. The van der Waals surface area contributed by atoms with Gasteiger partial charge in [-0.05, 0) is 26.8 Å². The van der Waals surface area contributed by atoms with E-state index in [0.717, 1.165) is 0 Å². The molecule has 0 amide bonds. The molecule has 0 radical (unpaired) electrons. The molecule has 0 bridgehead atoms. The van der Waals surface area contributed by atoms with E-state index in [1.165, 1.54) is 0 Å². The minimum absolute atomic E-state index is 0.327. The first-order valence-electron chi connectivity index (χ1n) is 5.41. The molecule has 4 heteroatoms. The second kappa shape index (κ2) is 3.71. The number of cyclic esters (lactones) is 1. The molecule has 1 saturated heterocycles. The van der Waals surface area contributed by atoms with Gasteiger partial charge in [-0.25, -0.2) is 4.79 Å². The molecule has 0 spiro atoms. The predicted molar refractivity (Wildman–Crippen MR) is 57.7 cm³/mol. The zero-order chi connectivity index (χ0) is 11.9. The first-order chi connectivity index (χ1) is 7.49. The van der Waals surface area contributed by atoms with Crippen molar-refractivity contribution in [2.24, 2.45) is 0 Å². The van der Waals surface area contributed by atoms with Crippen LogP contribution in [0.2, 0.25) is 0 Å². The number of allylic oxidation sites excluding steroid dienone is 1. The summed E-state index contributed by atoms with van der Waals surface area (Å²) in [6.07, 6.45) is 3.59. The van der Waals surface area contributed by atoms with Crippen LogP contribution in [0.25, 0.3) is 0 Å². The summed E-state index contributed by atoms with van der Waals surface area (Å²) in [6.45, 7) is 5.47. The van der Waals surface area contributed by atoms with Gasteiger partial charge in [0, 0.05) is 0 Å². The smallest absolute Gasteiger partial charge is 0.337 e. The SMILES string of the molecule is C/C=C\[C@H]1O[C@@]2(C)C(=C[C@H]1O)C(=O)O[C@H]2C. The summed E-state index contributed by atoms with van der Waals surface area (Å²) in [5.74, 6) is -0.395. The Labute approximate surface area is 94.5 Å². The Morgan fingerprint density at radius 3 is 2.88 bits per heavy atom. The van der Waals surface area contributed by atoms with Gasteiger partial charge in [0.15, 0.2) is 0 Å². The maximum Gasteiger partial charge on any atom is 0.337 e. The molecule has 0 aromatic carbocycles. The second-order valence-corrected chi connectivity index (χ2v) is 4.33. The summed E-state index contributed by atoms with van der Waals surface area (Å²) in [4.78, 5) is 11.5. The van der Waals surface area contributed by atoms with Crippen molar-refractivity contribution in [2.45, 2.75) is 44.7 Å². The zero-order valence-corrected chi connectivity index (χ0v) is 9.64. The van der Waals surface area contributed by atoms with E-state index >= 15 is 0 Å². The van der Waals surface area contributed by atoms with E-state index in [2.05, 4.69) is 0 Å². The highest BCUT2D eigenvalue weighted by molar-refractivity contribution is 5.94. The van der Waals surface area contributed by atoms with Crippen molar-refractivity contribution in [1.29, 1.82) is 0 Å². The van der Waals surface area contributed by atoms with Crippen molar-refractivity contribution in [3.05, 3.63) is 23.8 Å². The summed E-state index contributed by atoms with van der Waals surface area (Å²) in [5, 5.41) is 9.81. The molecule has 4 nitrogen and oxygen atoms in total. The maximum absolute atomic E-state index is 11.5. The van der Waals surface area contributed by atoms with Crippen molar-refractivity contribution in [3.63, 3.8) is 0 Å². The standard InChI is InChI=1S/C12H16O4/c1-4-5-10-9(13)6-8-11(14)15-7(2)12(8,3)16-10/h4-7,9-10,13H,1-3H3/b5-4-/t7-,9+,10+,12+/m0/s1. The first kappa shape index (κ1) is 11.4. The lowest BCUT2D eigenvalue weighted by Gasteiger charge is -2.36. The molecule has 0 aromatic heterocycles. The first-order valence-corrected chi connectivity index (χ1v) is 5.41. The number of fused-ring (bicyclic) bond motifs is 1. The largest absolute Gasteiger partial charge is 0.456 e. The maximum atomic E-state index is 11.5. The molecular formula is C12H16O4. The van der Waals surface area contributed by atoms with Gasteiger partial charge in [-0.2, -0.15) is 0 Å². The fourth-order valence-electron chi connectivity index (χ4n) is 2.11. The number of carbonyl (C=O) groups excluding carboxylic acids is 1. The highest BCUT2D eigenvalue weighted by Gasteiger charge is 2.53. The molecule has 0 aromatic rings. The van der Waals surface area contributed by atoms with Crippen LogP contribution in [0.3, 0.4) is 0 Å². The van der Waals surface area contributed by atoms with Crippen LogP contribution in [0.5, 0.6) is 0 Å². The molecule has 1 fully saturated rings.